The summed E-state index contributed by atoms with van der Waals surface area (Å²) in [7, 11) is 0. The number of rotatable bonds is 1. The Balaban J connectivity index is 1.95. The summed E-state index contributed by atoms with van der Waals surface area (Å²) < 4.78 is 1.89. The fraction of sp³-hybridized carbons (Fsp3) is 0.0556. The summed E-state index contributed by atoms with van der Waals surface area (Å²) in [6.07, 6.45) is 6.16. The second-order valence-corrected chi connectivity index (χ2v) is 5.14. The number of nitrogens with zero attached hydrogens (tertiary/aromatic N) is 2. The van der Waals surface area contributed by atoms with Crippen LogP contribution in [-0.2, 0) is 6.42 Å². The maximum absolute atomic E-state index is 12.9. The molecule has 0 saturated heterocycles. The third-order valence-corrected chi connectivity index (χ3v) is 3.89. The highest BCUT2D eigenvalue weighted by Crippen LogP contribution is 2.29. The van der Waals surface area contributed by atoms with Gasteiger partial charge in [-0.05, 0) is 23.6 Å². The molecule has 2 aromatic carbocycles. The number of benzene rings is 2. The lowest BCUT2D eigenvalue weighted by Crippen LogP contribution is -2.34. The molecule has 0 aliphatic heterocycles. The van der Waals surface area contributed by atoms with Crippen LogP contribution in [0, 0.1) is 0 Å². The Morgan fingerprint density at radius 2 is 1.81 bits per heavy atom. The van der Waals surface area contributed by atoms with Crippen LogP contribution in [0.3, 0.4) is 0 Å². The number of hydrogen-bond donors (Lipinski definition) is 0. The van der Waals surface area contributed by atoms with Crippen molar-refractivity contribution in [2.75, 3.05) is 0 Å². The zero-order valence-electron chi connectivity index (χ0n) is 11.4. The normalized spacial score (nSPS) is 12.7. The molecular formula is C18H13N2O+. The van der Waals surface area contributed by atoms with Crippen LogP contribution in [-0.4, -0.2) is 10.8 Å². The third kappa shape index (κ3) is 1.86. The summed E-state index contributed by atoms with van der Waals surface area (Å²) in [6, 6.07) is 15.7. The highest BCUT2D eigenvalue weighted by atomic mass is 16.1. The fourth-order valence-corrected chi connectivity index (χ4v) is 2.92. The van der Waals surface area contributed by atoms with Gasteiger partial charge >= 0.3 is 0 Å². The highest BCUT2D eigenvalue weighted by Gasteiger charge is 2.27. The lowest BCUT2D eigenvalue weighted by atomic mass is 9.84. The molecule has 3 heteroatoms. The van der Waals surface area contributed by atoms with Crippen LogP contribution in [0.25, 0.3) is 5.69 Å². The molecule has 100 valence electrons. The van der Waals surface area contributed by atoms with Gasteiger partial charge in [-0.3, -0.25) is 4.79 Å². The average Bonchev–Trinajstić information content (AvgIpc) is 2.55. The molecule has 0 saturated carbocycles. The van der Waals surface area contributed by atoms with E-state index in [4.69, 9.17) is 0 Å². The van der Waals surface area contributed by atoms with Gasteiger partial charge in [0.25, 0.3) is 6.33 Å². The van der Waals surface area contributed by atoms with Crippen LogP contribution in [0.15, 0.2) is 67.3 Å². The molecule has 21 heavy (non-hydrogen) atoms. The zero-order valence-corrected chi connectivity index (χ0v) is 11.4. The van der Waals surface area contributed by atoms with Gasteiger partial charge in [0.15, 0.2) is 5.78 Å². The molecule has 0 radical (unpaired) electrons. The Bertz CT molecular complexity index is 841. The SMILES string of the molecule is O=C1c2ccccc2Cc2cccc(-[n+]3cccnc3)c21. The van der Waals surface area contributed by atoms with Gasteiger partial charge in [-0.25, -0.2) is 4.57 Å². The largest absolute Gasteiger partial charge is 0.291 e. The smallest absolute Gasteiger partial charge is 0.288 e. The maximum atomic E-state index is 12.9. The van der Waals surface area contributed by atoms with Crippen LogP contribution in [0.1, 0.15) is 27.0 Å². The van der Waals surface area contributed by atoms with Crippen molar-refractivity contribution in [3.8, 4) is 5.69 Å². The lowest BCUT2D eigenvalue weighted by molar-refractivity contribution is -0.599. The lowest BCUT2D eigenvalue weighted by Gasteiger charge is -2.19. The monoisotopic (exact) mass is 273 g/mol. The van der Waals surface area contributed by atoms with Crippen LogP contribution >= 0.6 is 0 Å². The molecule has 0 atom stereocenters. The van der Waals surface area contributed by atoms with Gasteiger partial charge in [-0.2, -0.15) is 0 Å². The molecule has 4 rings (SSSR count). The van der Waals surface area contributed by atoms with Crippen molar-refractivity contribution in [3.05, 3.63) is 89.5 Å². The Hall–Kier alpha value is -2.81. The highest BCUT2D eigenvalue weighted by molar-refractivity contribution is 6.14. The van der Waals surface area contributed by atoms with Gasteiger partial charge < -0.3 is 0 Å². The molecule has 1 aromatic heterocycles. The standard InChI is InChI=1S/C18H13N2O/c21-18-15-7-2-1-5-13(15)11-14-6-3-8-16(17(14)18)20-10-4-9-19-12-20/h1-10,12H,11H2/q+1. The minimum absolute atomic E-state index is 0.0961. The van der Waals surface area contributed by atoms with Crippen LogP contribution in [0.5, 0.6) is 0 Å². The van der Waals surface area contributed by atoms with Crippen molar-refractivity contribution in [1.82, 2.24) is 4.98 Å². The minimum Gasteiger partial charge on any atom is -0.288 e. The molecular weight excluding hydrogens is 260 g/mol. The summed E-state index contributed by atoms with van der Waals surface area (Å²) in [6.45, 7) is 0. The van der Waals surface area contributed by atoms with E-state index in [9.17, 15) is 4.79 Å². The van der Waals surface area contributed by atoms with Crippen molar-refractivity contribution in [2.24, 2.45) is 0 Å². The van der Waals surface area contributed by atoms with Gasteiger partial charge in [0.1, 0.15) is 11.9 Å². The Morgan fingerprint density at radius 1 is 0.952 bits per heavy atom. The van der Waals surface area contributed by atoms with E-state index in [0.717, 1.165) is 34.4 Å². The second-order valence-electron chi connectivity index (χ2n) is 5.14. The van der Waals surface area contributed by atoms with E-state index in [1.54, 1.807) is 12.5 Å². The van der Waals surface area contributed by atoms with Gasteiger partial charge in [-0.15, -0.1) is 0 Å². The Morgan fingerprint density at radius 3 is 2.67 bits per heavy atom. The van der Waals surface area contributed by atoms with E-state index in [1.165, 1.54) is 0 Å². The van der Waals surface area contributed by atoms with E-state index in [1.807, 2.05) is 59.3 Å². The first-order valence-electron chi connectivity index (χ1n) is 6.91. The number of hydrogen-bond acceptors (Lipinski definition) is 2. The van der Waals surface area contributed by atoms with Crippen LogP contribution in [0.2, 0.25) is 0 Å². The molecule has 1 aliphatic carbocycles. The minimum atomic E-state index is 0.0961. The third-order valence-electron chi connectivity index (χ3n) is 3.89. The van der Waals surface area contributed by atoms with Crippen molar-refractivity contribution in [1.29, 1.82) is 0 Å². The van der Waals surface area contributed by atoms with Crippen LogP contribution < -0.4 is 4.57 Å². The molecule has 0 fully saturated rings. The van der Waals surface area contributed by atoms with Crippen molar-refractivity contribution in [2.45, 2.75) is 6.42 Å². The van der Waals surface area contributed by atoms with Gasteiger partial charge in [0, 0.05) is 11.6 Å². The summed E-state index contributed by atoms with van der Waals surface area (Å²) in [5.74, 6) is 0.0961. The van der Waals surface area contributed by atoms with Crippen LogP contribution in [0.4, 0.5) is 0 Å². The number of fused-ring (bicyclic) bond motifs is 2. The van der Waals surface area contributed by atoms with Gasteiger partial charge in [-0.1, -0.05) is 41.4 Å². The van der Waals surface area contributed by atoms with Crippen molar-refractivity contribution < 1.29 is 9.36 Å². The van der Waals surface area contributed by atoms with Gasteiger partial charge in [0.2, 0.25) is 0 Å². The van der Waals surface area contributed by atoms with E-state index in [2.05, 4.69) is 4.98 Å². The number of aromatic nitrogens is 2. The molecule has 0 bridgehead atoms. The fourth-order valence-electron chi connectivity index (χ4n) is 2.92. The zero-order chi connectivity index (χ0) is 14.2. The summed E-state index contributed by atoms with van der Waals surface area (Å²) in [5, 5.41) is 0. The molecule has 1 heterocycles. The molecule has 3 nitrogen and oxygen atoms in total. The summed E-state index contributed by atoms with van der Waals surface area (Å²) in [5.41, 5.74) is 4.66. The topological polar surface area (TPSA) is 33.8 Å². The van der Waals surface area contributed by atoms with E-state index in [-0.39, 0.29) is 5.78 Å². The molecule has 0 spiro atoms. The second kappa shape index (κ2) is 4.63. The number of ketones is 1. The number of carbonyl (C=O) groups is 1. The van der Waals surface area contributed by atoms with E-state index in [0.29, 0.717) is 0 Å². The predicted molar refractivity (Wildman–Crippen MR) is 78.4 cm³/mol. The molecule has 3 aromatic rings. The Labute approximate surface area is 122 Å². The predicted octanol–water partition coefficient (Wildman–Crippen LogP) is 2.49. The summed E-state index contributed by atoms with van der Waals surface area (Å²) >= 11 is 0. The molecule has 0 amide bonds. The Kier molecular flexibility index (Phi) is 2.64. The first-order valence-corrected chi connectivity index (χ1v) is 6.91. The van der Waals surface area contributed by atoms with Gasteiger partial charge in [0.05, 0.1) is 11.8 Å². The van der Waals surface area contributed by atoms with Crippen molar-refractivity contribution in [3.63, 3.8) is 0 Å². The average molecular weight is 273 g/mol. The van der Waals surface area contributed by atoms with E-state index < -0.39 is 0 Å². The molecule has 0 N–H and O–H groups in total. The summed E-state index contributed by atoms with van der Waals surface area (Å²) in [4.78, 5) is 17.0. The molecule has 1 aliphatic rings. The quantitative estimate of drug-likeness (QED) is 0.499. The van der Waals surface area contributed by atoms with Crippen molar-refractivity contribution >= 4 is 5.78 Å². The first-order chi connectivity index (χ1) is 10.3. The molecule has 0 unspecified atom stereocenters. The van der Waals surface area contributed by atoms with E-state index >= 15 is 0 Å². The first kappa shape index (κ1) is 12.0. The number of carbonyl (C=O) groups excluding carboxylic acids is 1. The maximum Gasteiger partial charge on any atom is 0.291 e.